The molecule has 0 saturated carbocycles. The van der Waals surface area contributed by atoms with Gasteiger partial charge in [0.25, 0.3) is 0 Å². The van der Waals surface area contributed by atoms with Crippen molar-refractivity contribution in [2.45, 2.75) is 18.3 Å². The smallest absolute Gasteiger partial charge is 0.164 e. The number of hydrogen-bond donors (Lipinski definition) is 0. The molecular weight excluding hydrogens is 667 g/mol. The Kier molecular flexibility index (Phi) is 7.21. The number of aromatic nitrogens is 3. The number of hydrogen-bond acceptors (Lipinski definition) is 3. The predicted octanol–water partition coefficient (Wildman–Crippen LogP) is 12.6. The van der Waals surface area contributed by atoms with Crippen LogP contribution in [0.2, 0.25) is 0 Å². The number of benzene rings is 7. The van der Waals surface area contributed by atoms with Crippen molar-refractivity contribution in [2.75, 3.05) is 0 Å². The maximum Gasteiger partial charge on any atom is 0.164 e. The lowest BCUT2D eigenvalue weighted by atomic mass is 9.70. The highest BCUT2D eigenvalue weighted by Gasteiger charge is 2.51. The van der Waals surface area contributed by atoms with Gasteiger partial charge >= 0.3 is 0 Å². The topological polar surface area (TPSA) is 38.7 Å². The summed E-state index contributed by atoms with van der Waals surface area (Å²) in [5, 5.41) is 0. The van der Waals surface area contributed by atoms with Crippen LogP contribution < -0.4 is 0 Å². The molecule has 0 amide bonds. The van der Waals surface area contributed by atoms with E-state index in [1.165, 1.54) is 50.1 Å². The molecule has 0 unspecified atom stereocenters. The Hall–Kier alpha value is -6.97. The van der Waals surface area contributed by atoms with Crippen molar-refractivity contribution in [3.05, 3.63) is 216 Å². The van der Waals surface area contributed by atoms with Crippen LogP contribution in [0.5, 0.6) is 0 Å². The zero-order valence-corrected chi connectivity index (χ0v) is 30.2. The Morgan fingerprint density at radius 3 is 1.44 bits per heavy atom. The van der Waals surface area contributed by atoms with Crippen LogP contribution in [0.25, 0.3) is 73.1 Å². The minimum Gasteiger partial charge on any atom is -0.208 e. The fourth-order valence-corrected chi connectivity index (χ4v) is 9.13. The highest BCUT2D eigenvalue weighted by molar-refractivity contribution is 5.96. The lowest BCUT2D eigenvalue weighted by Gasteiger charge is -2.30. The van der Waals surface area contributed by atoms with E-state index < -0.39 is 5.41 Å². The molecule has 0 fully saturated rings. The molecule has 3 heteroatoms. The highest BCUT2D eigenvalue weighted by Crippen LogP contribution is 2.63. The van der Waals surface area contributed by atoms with E-state index in [1.807, 2.05) is 18.2 Å². The second-order valence-electron chi connectivity index (χ2n) is 14.6. The predicted molar refractivity (Wildman–Crippen MR) is 224 cm³/mol. The average molecular weight is 702 g/mol. The van der Waals surface area contributed by atoms with Crippen molar-refractivity contribution in [1.82, 2.24) is 15.0 Å². The summed E-state index contributed by atoms with van der Waals surface area (Å²) in [5.41, 5.74) is 17.4. The van der Waals surface area contributed by atoms with E-state index in [4.69, 9.17) is 15.0 Å². The van der Waals surface area contributed by atoms with Crippen molar-refractivity contribution < 1.29 is 0 Å². The maximum atomic E-state index is 5.34. The Morgan fingerprint density at radius 1 is 0.345 bits per heavy atom. The van der Waals surface area contributed by atoms with E-state index in [0.717, 1.165) is 46.2 Å². The zero-order chi connectivity index (χ0) is 36.3. The number of nitrogens with zero attached hydrogens (tertiary/aromatic N) is 3. The van der Waals surface area contributed by atoms with Crippen LogP contribution in [0.4, 0.5) is 0 Å². The fraction of sp³-hybridized carbons (Fsp3) is 0.0577. The number of rotatable bonds is 5. The third-order valence-corrected chi connectivity index (χ3v) is 11.5. The molecule has 11 rings (SSSR count). The first-order valence-electron chi connectivity index (χ1n) is 19.1. The van der Waals surface area contributed by atoms with Gasteiger partial charge in [-0.15, -0.1) is 0 Å². The maximum absolute atomic E-state index is 5.34. The summed E-state index contributed by atoms with van der Waals surface area (Å²) in [7, 11) is 0. The minimum absolute atomic E-state index is 0.451. The number of allylic oxidation sites excluding steroid dienone is 4. The molecule has 3 nitrogen and oxygen atoms in total. The molecule has 258 valence electrons. The van der Waals surface area contributed by atoms with Crippen LogP contribution in [-0.2, 0) is 5.41 Å². The Bertz CT molecular complexity index is 2800. The van der Waals surface area contributed by atoms with Gasteiger partial charge in [0.15, 0.2) is 17.5 Å². The van der Waals surface area contributed by atoms with Gasteiger partial charge in [0.2, 0.25) is 0 Å². The highest BCUT2D eigenvalue weighted by atomic mass is 15.0. The van der Waals surface area contributed by atoms with E-state index >= 15 is 0 Å². The van der Waals surface area contributed by atoms with E-state index in [2.05, 4.69) is 170 Å². The molecule has 1 aromatic heterocycles. The van der Waals surface area contributed by atoms with Crippen LogP contribution in [-0.4, -0.2) is 15.0 Å². The van der Waals surface area contributed by atoms with Gasteiger partial charge in [-0.3, -0.25) is 0 Å². The fourth-order valence-electron chi connectivity index (χ4n) is 9.13. The van der Waals surface area contributed by atoms with E-state index in [-0.39, 0.29) is 0 Å². The normalized spacial score (nSPS) is 14.2. The molecule has 0 saturated heterocycles. The Labute approximate surface area is 321 Å². The molecule has 3 aliphatic rings. The summed E-state index contributed by atoms with van der Waals surface area (Å²) in [6, 6.07) is 61.2. The molecule has 0 bridgehead atoms. The zero-order valence-electron chi connectivity index (χ0n) is 30.2. The summed E-state index contributed by atoms with van der Waals surface area (Å²) in [6.07, 6.45) is 8.93. The molecular formula is C52H35N3. The second-order valence-corrected chi connectivity index (χ2v) is 14.6. The van der Waals surface area contributed by atoms with Crippen LogP contribution in [0.15, 0.2) is 188 Å². The SMILES string of the molecule is C1=CC(c2cc(-c3ccccc3)cc(-c3nc(-c4ccccc4)nc(-c4ccc5c(c4)C4(c6ccccc6-c6ccccc64)c4ccccc4-5)n3)c2)=CCC1. The van der Waals surface area contributed by atoms with E-state index in [0.29, 0.717) is 17.5 Å². The number of fused-ring (bicyclic) bond motifs is 10. The van der Waals surface area contributed by atoms with E-state index in [9.17, 15) is 0 Å². The molecule has 55 heavy (non-hydrogen) atoms. The van der Waals surface area contributed by atoms with Gasteiger partial charge in [-0.05, 0) is 104 Å². The van der Waals surface area contributed by atoms with Gasteiger partial charge in [0, 0.05) is 16.7 Å². The third-order valence-electron chi connectivity index (χ3n) is 11.5. The molecule has 3 aliphatic carbocycles. The van der Waals surface area contributed by atoms with Crippen molar-refractivity contribution in [3.63, 3.8) is 0 Å². The quantitative estimate of drug-likeness (QED) is 0.179. The first kappa shape index (κ1) is 31.5. The largest absolute Gasteiger partial charge is 0.208 e. The molecule has 8 aromatic rings. The first-order valence-corrected chi connectivity index (χ1v) is 19.1. The third kappa shape index (κ3) is 4.93. The summed E-state index contributed by atoms with van der Waals surface area (Å²) in [6.45, 7) is 0. The van der Waals surface area contributed by atoms with Crippen molar-refractivity contribution in [2.24, 2.45) is 0 Å². The molecule has 0 atom stereocenters. The van der Waals surface area contributed by atoms with Crippen molar-refractivity contribution in [1.29, 1.82) is 0 Å². The van der Waals surface area contributed by atoms with Gasteiger partial charge in [-0.2, -0.15) is 0 Å². The van der Waals surface area contributed by atoms with Gasteiger partial charge < -0.3 is 0 Å². The van der Waals surface area contributed by atoms with Gasteiger partial charge in [-0.25, -0.2) is 15.0 Å². The van der Waals surface area contributed by atoms with Gasteiger partial charge in [0.05, 0.1) is 5.41 Å². The van der Waals surface area contributed by atoms with Gasteiger partial charge in [-0.1, -0.05) is 164 Å². The Balaban J connectivity index is 1.15. The van der Waals surface area contributed by atoms with Crippen LogP contribution in [0, 0.1) is 0 Å². The standard InChI is InChI=1S/C52H35N3/c1-4-16-34(17-5-1)38-30-39(35-18-6-2-7-19-35)32-40(31-38)51-54-49(36-20-8-3-9-21-36)53-50(55-51)37-28-29-44-43-24-12-15-27-47(43)52(48(44)33-37)45-25-13-10-22-41(45)42-23-11-14-26-46(42)52/h1,3-6,8-33H,2,7H2. The summed E-state index contributed by atoms with van der Waals surface area (Å²) in [5.74, 6) is 1.96. The van der Waals surface area contributed by atoms with Crippen molar-refractivity contribution in [3.8, 4) is 67.5 Å². The molecule has 0 radical (unpaired) electrons. The summed E-state index contributed by atoms with van der Waals surface area (Å²) < 4.78 is 0. The second kappa shape index (κ2) is 12.6. The van der Waals surface area contributed by atoms with Gasteiger partial charge in [0.1, 0.15) is 0 Å². The van der Waals surface area contributed by atoms with Crippen molar-refractivity contribution >= 4 is 5.57 Å². The lowest BCUT2D eigenvalue weighted by Crippen LogP contribution is -2.25. The average Bonchev–Trinajstić information content (AvgIpc) is 3.74. The minimum atomic E-state index is -0.451. The van der Waals surface area contributed by atoms with E-state index in [1.54, 1.807) is 0 Å². The van der Waals surface area contributed by atoms with Crippen LogP contribution in [0.3, 0.4) is 0 Å². The van der Waals surface area contributed by atoms with Crippen LogP contribution >= 0.6 is 0 Å². The molecule has 7 aromatic carbocycles. The molecule has 0 N–H and O–H groups in total. The lowest BCUT2D eigenvalue weighted by molar-refractivity contribution is 0.794. The Morgan fingerprint density at radius 2 is 0.836 bits per heavy atom. The first-order chi connectivity index (χ1) is 27.3. The monoisotopic (exact) mass is 701 g/mol. The molecule has 0 aliphatic heterocycles. The van der Waals surface area contributed by atoms with Crippen LogP contribution in [0.1, 0.15) is 40.7 Å². The molecule has 1 spiro atoms. The summed E-state index contributed by atoms with van der Waals surface area (Å²) in [4.78, 5) is 15.8. The summed E-state index contributed by atoms with van der Waals surface area (Å²) >= 11 is 0. The molecule has 1 heterocycles.